The molecular formula is C13H14O4. The van der Waals surface area contributed by atoms with Crippen molar-refractivity contribution >= 4 is 11.9 Å². The molecule has 0 fully saturated rings. The maximum Gasteiger partial charge on any atom is 0.308 e. The number of carboxylic acids is 1. The summed E-state index contributed by atoms with van der Waals surface area (Å²) in [5.74, 6) is -0.837. The first-order chi connectivity index (χ1) is 8.06. The van der Waals surface area contributed by atoms with Gasteiger partial charge in [-0.25, -0.2) is 0 Å². The molecule has 1 N–H and O–H groups in total. The molecule has 0 heterocycles. The molecule has 4 heteroatoms. The quantitative estimate of drug-likeness (QED) is 0.626. The molecule has 0 aliphatic heterocycles. The lowest BCUT2D eigenvalue weighted by Crippen LogP contribution is -2.22. The maximum atomic E-state index is 10.9. The van der Waals surface area contributed by atoms with Crippen LogP contribution in [-0.4, -0.2) is 17.0 Å². The van der Waals surface area contributed by atoms with Gasteiger partial charge in [-0.05, 0) is 42.5 Å². The number of carboxylic acid groups (broad SMARTS) is 1. The molecule has 4 nitrogen and oxygen atoms in total. The Morgan fingerprint density at radius 2 is 2.12 bits per heavy atom. The van der Waals surface area contributed by atoms with Gasteiger partial charge in [0.25, 0.3) is 0 Å². The normalized spacial score (nSPS) is 18.3. The van der Waals surface area contributed by atoms with Gasteiger partial charge in [-0.1, -0.05) is 6.07 Å². The van der Waals surface area contributed by atoms with Crippen LogP contribution in [0.15, 0.2) is 18.2 Å². The van der Waals surface area contributed by atoms with E-state index >= 15 is 0 Å². The minimum Gasteiger partial charge on any atom is -0.481 e. The van der Waals surface area contributed by atoms with Gasteiger partial charge >= 0.3 is 11.9 Å². The fraction of sp³-hybridized carbons (Fsp3) is 0.385. The summed E-state index contributed by atoms with van der Waals surface area (Å²) in [5, 5.41) is 8.97. The van der Waals surface area contributed by atoms with Gasteiger partial charge in [0, 0.05) is 6.92 Å². The van der Waals surface area contributed by atoms with Crippen molar-refractivity contribution in [3.8, 4) is 5.75 Å². The van der Waals surface area contributed by atoms with E-state index in [4.69, 9.17) is 9.84 Å². The fourth-order valence-electron chi connectivity index (χ4n) is 2.17. The second-order valence-corrected chi connectivity index (χ2v) is 4.30. The summed E-state index contributed by atoms with van der Waals surface area (Å²) in [4.78, 5) is 21.7. The Kier molecular flexibility index (Phi) is 3.13. The van der Waals surface area contributed by atoms with E-state index in [1.54, 1.807) is 6.07 Å². The second kappa shape index (κ2) is 4.57. The number of aliphatic carboxylic acids is 1. The van der Waals surface area contributed by atoms with Crippen molar-refractivity contribution in [2.75, 3.05) is 0 Å². The molecule has 0 radical (unpaired) electrons. The number of hydrogen-bond acceptors (Lipinski definition) is 3. The monoisotopic (exact) mass is 234 g/mol. The molecule has 17 heavy (non-hydrogen) atoms. The summed E-state index contributed by atoms with van der Waals surface area (Å²) in [6, 6.07) is 5.39. The zero-order chi connectivity index (χ0) is 12.4. The van der Waals surface area contributed by atoms with E-state index in [1.165, 1.54) is 6.92 Å². The molecule has 1 aliphatic rings. The number of esters is 1. The predicted octanol–water partition coefficient (Wildman–Crippen LogP) is 1.80. The van der Waals surface area contributed by atoms with Crippen LogP contribution in [0.3, 0.4) is 0 Å². The molecule has 0 saturated carbocycles. The second-order valence-electron chi connectivity index (χ2n) is 4.30. The summed E-state index contributed by atoms with van der Waals surface area (Å²) >= 11 is 0. The van der Waals surface area contributed by atoms with Crippen molar-refractivity contribution in [1.82, 2.24) is 0 Å². The summed E-state index contributed by atoms with van der Waals surface area (Å²) in [5.41, 5.74) is 2.13. The van der Waals surface area contributed by atoms with Crippen molar-refractivity contribution in [3.63, 3.8) is 0 Å². The van der Waals surface area contributed by atoms with E-state index in [0.717, 1.165) is 17.5 Å². The highest BCUT2D eigenvalue weighted by atomic mass is 16.5. The van der Waals surface area contributed by atoms with Crippen molar-refractivity contribution in [2.24, 2.45) is 5.92 Å². The standard InChI is InChI=1S/C13H14O4/c1-8(14)17-12-5-4-9-6-11(13(15)16)3-2-10(9)7-12/h4-5,7,11H,2-3,6H2,1H3,(H,15,16). The van der Waals surface area contributed by atoms with Gasteiger partial charge in [0.1, 0.15) is 5.75 Å². The van der Waals surface area contributed by atoms with Crippen molar-refractivity contribution in [3.05, 3.63) is 29.3 Å². The summed E-state index contributed by atoms with van der Waals surface area (Å²) in [6.07, 6.45) is 1.93. The zero-order valence-corrected chi connectivity index (χ0v) is 9.60. The van der Waals surface area contributed by atoms with Gasteiger partial charge in [-0.15, -0.1) is 0 Å². The molecule has 1 aromatic carbocycles. The fourth-order valence-corrected chi connectivity index (χ4v) is 2.17. The molecule has 0 spiro atoms. The number of rotatable bonds is 2. The Morgan fingerprint density at radius 1 is 1.35 bits per heavy atom. The molecule has 1 atom stereocenters. The Bertz CT molecular complexity index is 464. The van der Waals surface area contributed by atoms with Crippen LogP contribution in [0.4, 0.5) is 0 Å². The highest BCUT2D eigenvalue weighted by Gasteiger charge is 2.24. The average Bonchev–Trinajstić information content (AvgIpc) is 2.27. The molecule has 0 bridgehead atoms. The summed E-state index contributed by atoms with van der Waals surface area (Å²) in [7, 11) is 0. The Labute approximate surface area is 99.2 Å². The lowest BCUT2D eigenvalue weighted by Gasteiger charge is -2.21. The van der Waals surface area contributed by atoms with E-state index < -0.39 is 5.97 Å². The van der Waals surface area contributed by atoms with Crippen LogP contribution in [-0.2, 0) is 22.4 Å². The Morgan fingerprint density at radius 3 is 2.76 bits per heavy atom. The highest BCUT2D eigenvalue weighted by molar-refractivity contribution is 5.71. The van der Waals surface area contributed by atoms with E-state index in [0.29, 0.717) is 18.6 Å². The topological polar surface area (TPSA) is 63.6 Å². The van der Waals surface area contributed by atoms with Crippen molar-refractivity contribution < 1.29 is 19.4 Å². The van der Waals surface area contributed by atoms with Crippen molar-refractivity contribution in [1.29, 1.82) is 0 Å². The first kappa shape index (κ1) is 11.6. The lowest BCUT2D eigenvalue weighted by atomic mass is 9.84. The van der Waals surface area contributed by atoms with Crippen LogP contribution in [0, 0.1) is 5.92 Å². The van der Waals surface area contributed by atoms with Crippen LogP contribution in [0.25, 0.3) is 0 Å². The number of hydrogen-bond donors (Lipinski definition) is 1. The number of carbonyl (C=O) groups is 2. The Hall–Kier alpha value is -1.84. The Balaban J connectivity index is 2.19. The third kappa shape index (κ3) is 2.64. The molecular weight excluding hydrogens is 220 g/mol. The molecule has 1 aromatic rings. The lowest BCUT2D eigenvalue weighted by molar-refractivity contribution is -0.142. The molecule has 90 valence electrons. The van der Waals surface area contributed by atoms with Gasteiger partial charge < -0.3 is 9.84 Å². The summed E-state index contributed by atoms with van der Waals surface area (Å²) < 4.78 is 5.00. The number of aryl methyl sites for hydroxylation is 1. The van der Waals surface area contributed by atoms with Crippen molar-refractivity contribution in [2.45, 2.75) is 26.2 Å². The maximum absolute atomic E-state index is 10.9. The van der Waals surface area contributed by atoms with Crippen LogP contribution in [0.2, 0.25) is 0 Å². The number of benzene rings is 1. The zero-order valence-electron chi connectivity index (χ0n) is 9.60. The average molecular weight is 234 g/mol. The van der Waals surface area contributed by atoms with Gasteiger partial charge in [0.2, 0.25) is 0 Å². The molecule has 1 aliphatic carbocycles. The van der Waals surface area contributed by atoms with Gasteiger partial charge in [-0.2, -0.15) is 0 Å². The molecule has 0 aromatic heterocycles. The van der Waals surface area contributed by atoms with Crippen LogP contribution < -0.4 is 4.74 Å². The smallest absolute Gasteiger partial charge is 0.308 e. The third-order valence-corrected chi connectivity index (χ3v) is 3.02. The first-order valence-electron chi connectivity index (χ1n) is 5.59. The van der Waals surface area contributed by atoms with Gasteiger partial charge in [0.05, 0.1) is 5.92 Å². The number of fused-ring (bicyclic) bond motifs is 1. The van der Waals surface area contributed by atoms with Crippen LogP contribution in [0.5, 0.6) is 5.75 Å². The summed E-state index contributed by atoms with van der Waals surface area (Å²) in [6.45, 7) is 1.36. The van der Waals surface area contributed by atoms with Crippen LogP contribution in [0.1, 0.15) is 24.5 Å². The van der Waals surface area contributed by atoms with Gasteiger partial charge in [0.15, 0.2) is 0 Å². The largest absolute Gasteiger partial charge is 0.481 e. The number of carbonyl (C=O) groups excluding carboxylic acids is 1. The predicted molar refractivity (Wildman–Crippen MR) is 60.9 cm³/mol. The van der Waals surface area contributed by atoms with Gasteiger partial charge in [-0.3, -0.25) is 9.59 Å². The highest BCUT2D eigenvalue weighted by Crippen LogP contribution is 2.28. The molecule has 0 amide bonds. The van der Waals surface area contributed by atoms with E-state index in [2.05, 4.69) is 0 Å². The van der Waals surface area contributed by atoms with Crippen LogP contribution >= 0.6 is 0 Å². The van der Waals surface area contributed by atoms with E-state index in [-0.39, 0.29) is 11.9 Å². The first-order valence-corrected chi connectivity index (χ1v) is 5.59. The third-order valence-electron chi connectivity index (χ3n) is 3.02. The SMILES string of the molecule is CC(=O)Oc1ccc2c(c1)CCC(C(=O)O)C2. The van der Waals surface area contributed by atoms with E-state index in [9.17, 15) is 9.59 Å². The van der Waals surface area contributed by atoms with E-state index in [1.807, 2.05) is 12.1 Å². The minimum atomic E-state index is -0.736. The molecule has 0 saturated heterocycles. The minimum absolute atomic E-state index is 0.290. The molecule has 1 unspecified atom stereocenters. The molecule has 2 rings (SSSR count). The number of ether oxygens (including phenoxy) is 1.